The summed E-state index contributed by atoms with van der Waals surface area (Å²) in [5.74, 6) is 0.904. The van der Waals surface area contributed by atoms with Crippen molar-refractivity contribution in [3.63, 3.8) is 0 Å². The van der Waals surface area contributed by atoms with Crippen molar-refractivity contribution in [2.24, 2.45) is 0 Å². The van der Waals surface area contributed by atoms with E-state index in [1.807, 2.05) is 26.1 Å². The predicted octanol–water partition coefficient (Wildman–Crippen LogP) is 4.40. The molecule has 0 spiro atoms. The van der Waals surface area contributed by atoms with Gasteiger partial charge in [0.2, 0.25) is 0 Å². The molecule has 1 aromatic carbocycles. The summed E-state index contributed by atoms with van der Waals surface area (Å²) in [5.41, 5.74) is 5.50. The second-order valence-corrected chi connectivity index (χ2v) is 6.08. The number of aryl methyl sites for hydroxylation is 2. The van der Waals surface area contributed by atoms with Crippen LogP contribution in [0.25, 0.3) is 11.0 Å². The lowest BCUT2D eigenvalue weighted by atomic mass is 10.2. The molecule has 3 rings (SSSR count). The summed E-state index contributed by atoms with van der Waals surface area (Å²) >= 11 is 6.32. The lowest BCUT2D eigenvalue weighted by Crippen LogP contribution is -2.06. The van der Waals surface area contributed by atoms with Crippen LogP contribution in [0.1, 0.15) is 34.9 Å². The highest BCUT2D eigenvalue weighted by Gasteiger charge is 2.16. The van der Waals surface area contributed by atoms with Crippen molar-refractivity contribution >= 4 is 22.6 Å². The summed E-state index contributed by atoms with van der Waals surface area (Å²) in [6.07, 6.45) is 1.92. The number of fused-ring (bicyclic) bond motifs is 1. The van der Waals surface area contributed by atoms with Gasteiger partial charge in [-0.05, 0) is 44.0 Å². The SMILES string of the molecule is Cc1ccc(Cn2c(C(C)Cl)nc3c(C)cccc32)cn1. The molecule has 0 saturated carbocycles. The standard InChI is InChI=1S/C17H18ClN3/c1-11-5-4-6-15-16(11)20-17(13(3)18)21(15)10-14-8-7-12(2)19-9-14/h4-9,13H,10H2,1-3H3. The monoisotopic (exact) mass is 299 g/mol. The Labute approximate surface area is 129 Å². The molecule has 0 saturated heterocycles. The number of hydrogen-bond acceptors (Lipinski definition) is 2. The zero-order chi connectivity index (χ0) is 15.0. The predicted molar refractivity (Wildman–Crippen MR) is 86.8 cm³/mol. The lowest BCUT2D eigenvalue weighted by molar-refractivity contribution is 0.740. The third-order valence-corrected chi connectivity index (χ3v) is 3.87. The number of para-hydroxylation sites is 1. The third-order valence-electron chi connectivity index (χ3n) is 3.68. The number of aromatic nitrogens is 3. The molecule has 2 aromatic heterocycles. The van der Waals surface area contributed by atoms with E-state index >= 15 is 0 Å². The van der Waals surface area contributed by atoms with E-state index < -0.39 is 0 Å². The molecule has 1 atom stereocenters. The highest BCUT2D eigenvalue weighted by Crippen LogP contribution is 2.27. The molecule has 4 heteroatoms. The number of nitrogens with zero attached hydrogens (tertiary/aromatic N) is 3. The van der Waals surface area contributed by atoms with Crippen molar-refractivity contribution in [2.45, 2.75) is 32.7 Å². The first-order valence-electron chi connectivity index (χ1n) is 7.07. The normalized spacial score (nSPS) is 12.8. The highest BCUT2D eigenvalue weighted by molar-refractivity contribution is 6.20. The molecule has 3 aromatic rings. The number of halogens is 1. The molecular weight excluding hydrogens is 282 g/mol. The summed E-state index contributed by atoms with van der Waals surface area (Å²) in [5, 5.41) is -0.129. The van der Waals surface area contributed by atoms with Crippen molar-refractivity contribution < 1.29 is 0 Å². The van der Waals surface area contributed by atoms with Crippen LogP contribution in [0.3, 0.4) is 0 Å². The van der Waals surface area contributed by atoms with Crippen LogP contribution >= 0.6 is 11.6 Å². The number of hydrogen-bond donors (Lipinski definition) is 0. The van der Waals surface area contributed by atoms with Gasteiger partial charge in [-0.2, -0.15) is 0 Å². The van der Waals surface area contributed by atoms with Crippen molar-refractivity contribution in [1.82, 2.24) is 14.5 Å². The first-order chi connectivity index (χ1) is 10.1. The number of imidazole rings is 1. The zero-order valence-electron chi connectivity index (χ0n) is 12.5. The van der Waals surface area contributed by atoms with E-state index in [0.29, 0.717) is 0 Å². The van der Waals surface area contributed by atoms with Crippen molar-refractivity contribution in [1.29, 1.82) is 0 Å². The van der Waals surface area contributed by atoms with E-state index in [2.05, 4.69) is 40.7 Å². The van der Waals surface area contributed by atoms with Crippen LogP contribution in [-0.2, 0) is 6.54 Å². The van der Waals surface area contributed by atoms with E-state index in [1.165, 1.54) is 5.56 Å². The fourth-order valence-corrected chi connectivity index (χ4v) is 2.72. The Bertz CT molecular complexity index is 773. The van der Waals surface area contributed by atoms with Crippen LogP contribution in [0.15, 0.2) is 36.5 Å². The fraction of sp³-hybridized carbons (Fsp3) is 0.294. The van der Waals surface area contributed by atoms with Crippen molar-refractivity contribution in [3.05, 3.63) is 59.2 Å². The molecule has 0 fully saturated rings. The van der Waals surface area contributed by atoms with Crippen LogP contribution in [0.5, 0.6) is 0 Å². The molecule has 0 aliphatic heterocycles. The lowest BCUT2D eigenvalue weighted by Gasteiger charge is -2.10. The van der Waals surface area contributed by atoms with Gasteiger partial charge in [0.25, 0.3) is 0 Å². The molecule has 21 heavy (non-hydrogen) atoms. The van der Waals surface area contributed by atoms with Gasteiger partial charge in [0, 0.05) is 11.9 Å². The van der Waals surface area contributed by atoms with Crippen molar-refractivity contribution in [2.75, 3.05) is 0 Å². The minimum atomic E-state index is -0.129. The van der Waals surface area contributed by atoms with Gasteiger partial charge < -0.3 is 4.57 Å². The Morgan fingerprint density at radius 1 is 1.19 bits per heavy atom. The average Bonchev–Trinajstić information content (AvgIpc) is 2.82. The first kappa shape index (κ1) is 14.1. The quantitative estimate of drug-likeness (QED) is 0.671. The van der Waals surface area contributed by atoms with Gasteiger partial charge >= 0.3 is 0 Å². The van der Waals surface area contributed by atoms with Crippen LogP contribution in [0.2, 0.25) is 0 Å². The minimum absolute atomic E-state index is 0.129. The molecule has 108 valence electrons. The maximum Gasteiger partial charge on any atom is 0.128 e. The maximum atomic E-state index is 6.32. The summed E-state index contributed by atoms with van der Waals surface area (Å²) in [4.78, 5) is 9.10. The van der Waals surface area contributed by atoms with E-state index in [4.69, 9.17) is 16.6 Å². The van der Waals surface area contributed by atoms with Gasteiger partial charge in [-0.1, -0.05) is 18.2 Å². The smallest absolute Gasteiger partial charge is 0.128 e. The largest absolute Gasteiger partial charge is 0.322 e. The number of benzene rings is 1. The fourth-order valence-electron chi connectivity index (χ4n) is 2.55. The highest BCUT2D eigenvalue weighted by atomic mass is 35.5. The second-order valence-electron chi connectivity index (χ2n) is 5.42. The van der Waals surface area contributed by atoms with E-state index in [-0.39, 0.29) is 5.38 Å². The van der Waals surface area contributed by atoms with Gasteiger partial charge in [0.05, 0.1) is 23.0 Å². The average molecular weight is 300 g/mol. The summed E-state index contributed by atoms with van der Waals surface area (Å²) in [7, 11) is 0. The van der Waals surface area contributed by atoms with Gasteiger partial charge in [-0.15, -0.1) is 11.6 Å². The Hall–Kier alpha value is -1.87. The van der Waals surface area contributed by atoms with E-state index in [9.17, 15) is 0 Å². The minimum Gasteiger partial charge on any atom is -0.322 e. The number of alkyl halides is 1. The third kappa shape index (κ3) is 2.66. The van der Waals surface area contributed by atoms with Crippen LogP contribution in [0.4, 0.5) is 0 Å². The summed E-state index contributed by atoms with van der Waals surface area (Å²) < 4.78 is 2.19. The Balaban J connectivity index is 2.13. The summed E-state index contributed by atoms with van der Waals surface area (Å²) in [6.45, 7) is 6.77. The molecule has 0 aliphatic carbocycles. The maximum absolute atomic E-state index is 6.32. The molecule has 0 aliphatic rings. The Morgan fingerprint density at radius 2 is 2.00 bits per heavy atom. The summed E-state index contributed by atoms with van der Waals surface area (Å²) in [6, 6.07) is 10.4. The van der Waals surface area contributed by atoms with Crippen molar-refractivity contribution in [3.8, 4) is 0 Å². The number of pyridine rings is 1. The molecule has 0 N–H and O–H groups in total. The Morgan fingerprint density at radius 3 is 2.67 bits per heavy atom. The van der Waals surface area contributed by atoms with E-state index in [1.54, 1.807) is 0 Å². The molecule has 1 unspecified atom stereocenters. The molecule has 0 bridgehead atoms. The van der Waals surface area contributed by atoms with E-state index in [0.717, 1.165) is 34.7 Å². The second kappa shape index (κ2) is 5.49. The molecule has 0 amide bonds. The molecule has 2 heterocycles. The molecule has 0 radical (unpaired) electrons. The first-order valence-corrected chi connectivity index (χ1v) is 7.51. The van der Waals surface area contributed by atoms with Gasteiger partial charge in [-0.3, -0.25) is 4.98 Å². The zero-order valence-corrected chi connectivity index (χ0v) is 13.2. The Kier molecular flexibility index (Phi) is 3.68. The van der Waals surface area contributed by atoms with Gasteiger partial charge in [-0.25, -0.2) is 4.98 Å². The van der Waals surface area contributed by atoms with Gasteiger partial charge in [0.1, 0.15) is 5.82 Å². The molecule has 3 nitrogen and oxygen atoms in total. The van der Waals surface area contributed by atoms with Crippen LogP contribution in [0, 0.1) is 13.8 Å². The topological polar surface area (TPSA) is 30.7 Å². The van der Waals surface area contributed by atoms with Gasteiger partial charge in [0.15, 0.2) is 0 Å². The number of rotatable bonds is 3. The molecular formula is C17H18ClN3. The van der Waals surface area contributed by atoms with Crippen LogP contribution < -0.4 is 0 Å². The van der Waals surface area contributed by atoms with Crippen LogP contribution in [-0.4, -0.2) is 14.5 Å².